The van der Waals surface area contributed by atoms with Crippen LogP contribution in [-0.2, 0) is 32.7 Å². The van der Waals surface area contributed by atoms with Crippen molar-refractivity contribution in [2.24, 2.45) is 5.73 Å². The zero-order chi connectivity index (χ0) is 30.9. The van der Waals surface area contributed by atoms with Crippen LogP contribution in [-0.4, -0.2) is 125 Å². The molecule has 0 aliphatic carbocycles. The molecule has 1 amide bonds. The number of nitrogens with zero attached hydrogens (tertiary/aromatic N) is 2. The van der Waals surface area contributed by atoms with E-state index in [-0.39, 0.29) is 5.82 Å². The van der Waals surface area contributed by atoms with Crippen molar-refractivity contribution in [3.63, 3.8) is 0 Å². The molecule has 2 aliphatic heterocycles. The largest absolute Gasteiger partial charge is 0.477 e. The van der Waals surface area contributed by atoms with Gasteiger partial charge in [0.05, 0.1) is 24.9 Å². The van der Waals surface area contributed by atoms with Crippen molar-refractivity contribution in [3.8, 4) is 0 Å². The molecule has 21 heteroatoms. The highest BCUT2D eigenvalue weighted by molar-refractivity contribution is 7.47. The Morgan fingerprint density at radius 1 is 1.32 bits per heavy atom. The molecule has 0 radical (unpaired) electrons. The van der Waals surface area contributed by atoms with Gasteiger partial charge in [0.1, 0.15) is 36.3 Å². The van der Waals surface area contributed by atoms with Crippen molar-refractivity contribution in [1.29, 1.82) is 0 Å². The average molecular weight is 613 g/mol. The number of hydrogen-bond donors (Lipinski definition) is 10. The van der Waals surface area contributed by atoms with Gasteiger partial charge in [-0.2, -0.15) is 4.98 Å². The number of anilines is 1. The van der Waals surface area contributed by atoms with Crippen LogP contribution in [0.3, 0.4) is 0 Å². The van der Waals surface area contributed by atoms with Crippen molar-refractivity contribution in [2.75, 3.05) is 18.9 Å². The number of aromatic nitrogens is 2. The third-order valence-corrected chi connectivity index (χ3v) is 7.37. The molecule has 3 heterocycles. The fraction of sp³-hybridized carbons (Fsp3) is 0.700. The number of hydrogen-bond acceptors (Lipinski definition) is 16. The van der Waals surface area contributed by atoms with E-state index in [2.05, 4.69) is 10.3 Å². The number of carboxylic acid groups (broad SMARTS) is 1. The lowest BCUT2D eigenvalue weighted by Crippen LogP contribution is -2.67. The Balaban J connectivity index is 1.79. The number of phosphoric ester groups is 1. The predicted octanol–water partition coefficient (Wildman–Crippen LogP) is -5.31. The summed E-state index contributed by atoms with van der Waals surface area (Å²) in [5.41, 5.74) is 9.80. The number of nitrogens with two attached hydrogens (primary N) is 2. The van der Waals surface area contributed by atoms with Crippen molar-refractivity contribution in [3.05, 3.63) is 22.7 Å². The number of rotatable bonds is 11. The molecule has 3 rings (SSSR count). The van der Waals surface area contributed by atoms with E-state index >= 15 is 0 Å². The monoisotopic (exact) mass is 613 g/mol. The Morgan fingerprint density at radius 3 is 2.54 bits per heavy atom. The highest BCUT2D eigenvalue weighted by Gasteiger charge is 2.59. The SMILES string of the molecule is CC(=O)NC1C(O)CC(OP(=O)(O)OCC2OC(n3ccc(N)nc3=O)C(O)C2O)(C(=O)O)OC1[C@H](O)[C@H](O)CN. The molecular weight excluding hydrogens is 581 g/mol. The van der Waals surface area contributed by atoms with Crippen LogP contribution in [0.1, 0.15) is 19.6 Å². The Kier molecular flexibility index (Phi) is 10.2. The summed E-state index contributed by atoms with van der Waals surface area (Å²) in [6, 6.07) is -0.300. The number of nitrogen functional groups attached to an aromatic ring is 1. The number of ether oxygens (including phenoxy) is 2. The Morgan fingerprint density at radius 2 is 1.98 bits per heavy atom. The van der Waals surface area contributed by atoms with E-state index in [9.17, 15) is 54.5 Å². The van der Waals surface area contributed by atoms with Crippen LogP contribution >= 0.6 is 7.82 Å². The van der Waals surface area contributed by atoms with Gasteiger partial charge in [-0.25, -0.2) is 18.7 Å². The smallest absolute Gasteiger partial charge is 0.475 e. The molecule has 2 aliphatic rings. The lowest BCUT2D eigenvalue weighted by molar-refractivity contribution is -0.287. The van der Waals surface area contributed by atoms with E-state index in [0.29, 0.717) is 0 Å². The number of phosphoric acid groups is 1. The zero-order valence-corrected chi connectivity index (χ0v) is 22.3. The van der Waals surface area contributed by atoms with Gasteiger partial charge in [0.25, 0.3) is 5.79 Å². The Hall–Kier alpha value is -2.59. The van der Waals surface area contributed by atoms with E-state index in [0.717, 1.165) is 17.7 Å². The molecule has 1 aromatic heterocycles. The first kappa shape index (κ1) is 32.9. The normalized spacial score (nSPS) is 34.9. The van der Waals surface area contributed by atoms with Crippen molar-refractivity contribution >= 4 is 25.5 Å². The predicted molar refractivity (Wildman–Crippen MR) is 130 cm³/mol. The van der Waals surface area contributed by atoms with Crippen LogP contribution < -0.4 is 22.5 Å². The first-order valence-electron chi connectivity index (χ1n) is 12.0. The minimum atomic E-state index is -5.49. The lowest BCUT2D eigenvalue weighted by atomic mass is 9.88. The zero-order valence-electron chi connectivity index (χ0n) is 21.4. The summed E-state index contributed by atoms with van der Waals surface area (Å²) in [5.74, 6) is -6.09. The summed E-state index contributed by atoms with van der Waals surface area (Å²) in [6.07, 6.45) is -14.1. The van der Waals surface area contributed by atoms with Gasteiger partial charge in [-0.15, -0.1) is 0 Å². The molecule has 9 unspecified atom stereocenters. The summed E-state index contributed by atoms with van der Waals surface area (Å²) in [4.78, 5) is 49.7. The summed E-state index contributed by atoms with van der Waals surface area (Å²) in [7, 11) is -5.49. The quantitative estimate of drug-likeness (QED) is 0.104. The molecule has 232 valence electrons. The van der Waals surface area contributed by atoms with Crippen molar-refractivity contribution < 1.29 is 68.2 Å². The standard InChI is InChI=1S/C20H32N5O15P/c1-7(26)23-12-8(27)4-20(18(32)33,39-16(12)13(29)9(28)5-21)40-41(35,36)37-6-10-14(30)15(31)17(38-10)25-3-2-11(22)24-19(25)34/h2-3,8-10,12-17,27-31H,4-6,21H2,1H3,(H,23,26)(H,32,33)(H,35,36)(H2,22,24,34)/t8?,9-,10?,12?,13-,14?,15?,16?,17?,20?/m1/s1. The highest BCUT2D eigenvalue weighted by atomic mass is 31.2. The van der Waals surface area contributed by atoms with Crippen molar-refractivity contribution in [2.45, 2.75) is 74.1 Å². The topological polar surface area (TPSA) is 329 Å². The fourth-order valence-electron chi connectivity index (χ4n) is 4.35. The first-order chi connectivity index (χ1) is 19.0. The second kappa shape index (κ2) is 12.7. The van der Waals surface area contributed by atoms with Gasteiger partial charge in [-0.3, -0.25) is 13.9 Å². The molecule has 11 atom stereocenters. The van der Waals surface area contributed by atoms with Gasteiger partial charge in [0.2, 0.25) is 5.91 Å². The molecular formula is C20H32N5O15P. The summed E-state index contributed by atoms with van der Waals surface area (Å²) in [5, 5.41) is 63.8. The molecule has 0 saturated carbocycles. The Labute approximate surface area is 230 Å². The third-order valence-electron chi connectivity index (χ3n) is 6.37. The lowest BCUT2D eigenvalue weighted by Gasteiger charge is -2.46. The molecule has 41 heavy (non-hydrogen) atoms. The van der Waals surface area contributed by atoms with Crippen LogP contribution in [0.4, 0.5) is 5.82 Å². The summed E-state index contributed by atoms with van der Waals surface area (Å²) >= 11 is 0. The molecule has 20 nitrogen and oxygen atoms in total. The number of carbonyl (C=O) groups excluding carboxylic acids is 1. The van der Waals surface area contributed by atoms with Crippen LogP contribution in [0.2, 0.25) is 0 Å². The van der Waals surface area contributed by atoms with Crippen LogP contribution in [0, 0.1) is 0 Å². The number of amides is 1. The second-order valence-corrected chi connectivity index (χ2v) is 10.8. The average Bonchev–Trinajstić information content (AvgIpc) is 3.16. The summed E-state index contributed by atoms with van der Waals surface area (Å²) < 4.78 is 33.9. The minimum absolute atomic E-state index is 0.129. The van der Waals surface area contributed by atoms with Gasteiger partial charge in [-0.1, -0.05) is 0 Å². The van der Waals surface area contributed by atoms with Gasteiger partial charge in [-0.05, 0) is 6.07 Å². The number of aliphatic carboxylic acids is 1. The molecule has 2 fully saturated rings. The fourth-order valence-corrected chi connectivity index (χ4v) is 5.30. The van der Waals surface area contributed by atoms with E-state index in [1.54, 1.807) is 0 Å². The van der Waals surface area contributed by atoms with E-state index in [1.165, 1.54) is 6.07 Å². The van der Waals surface area contributed by atoms with Gasteiger partial charge in [0.15, 0.2) is 6.23 Å². The van der Waals surface area contributed by atoms with E-state index in [4.69, 9.17) is 30.0 Å². The van der Waals surface area contributed by atoms with Crippen LogP contribution in [0.25, 0.3) is 0 Å². The van der Waals surface area contributed by atoms with Crippen LogP contribution in [0.5, 0.6) is 0 Å². The number of nitrogens with one attached hydrogen (secondary N) is 1. The molecule has 1 aromatic rings. The minimum Gasteiger partial charge on any atom is -0.477 e. The number of aliphatic hydroxyl groups excluding tert-OH is 5. The maximum absolute atomic E-state index is 12.8. The van der Waals surface area contributed by atoms with Crippen LogP contribution in [0.15, 0.2) is 17.1 Å². The molecule has 0 spiro atoms. The highest BCUT2D eigenvalue weighted by Crippen LogP contribution is 2.51. The number of aliphatic hydroxyl groups is 5. The Bertz CT molecular complexity index is 1220. The molecule has 0 bridgehead atoms. The van der Waals surface area contributed by atoms with Gasteiger partial charge >= 0.3 is 19.5 Å². The number of carboxylic acids is 1. The molecule has 12 N–H and O–H groups in total. The van der Waals surface area contributed by atoms with Gasteiger partial charge in [0, 0.05) is 26.1 Å². The summed E-state index contributed by atoms with van der Waals surface area (Å²) in [6.45, 7) is -0.506. The molecule has 0 aromatic carbocycles. The van der Waals surface area contributed by atoms with Gasteiger partial charge < -0.3 is 61.8 Å². The maximum Gasteiger partial charge on any atom is 0.475 e. The first-order valence-corrected chi connectivity index (χ1v) is 13.5. The third kappa shape index (κ3) is 7.25. The number of carbonyl (C=O) groups is 2. The second-order valence-electron chi connectivity index (χ2n) is 9.38. The maximum atomic E-state index is 12.8. The van der Waals surface area contributed by atoms with E-state index < -0.39 is 106 Å². The molecule has 2 saturated heterocycles. The van der Waals surface area contributed by atoms with Crippen molar-refractivity contribution in [1.82, 2.24) is 14.9 Å². The van der Waals surface area contributed by atoms with E-state index in [1.807, 2.05) is 0 Å².